The number of thiazole rings is 1. The van der Waals surface area contributed by atoms with Gasteiger partial charge in [-0.05, 0) is 68.7 Å². The molecular weight excluding hydrogens is 910 g/mol. The summed E-state index contributed by atoms with van der Waals surface area (Å²) >= 11 is 1.11. The molecule has 2 heterocycles. The Morgan fingerprint density at radius 3 is 2.36 bits per heavy atom. The van der Waals surface area contributed by atoms with Crippen LogP contribution in [0.1, 0.15) is 133 Å². The molecular formula is C50H80FN7O10S. The Kier molecular flexibility index (Phi) is 26.8. The Hall–Kier alpha value is -4.69. The van der Waals surface area contributed by atoms with E-state index in [1.165, 1.54) is 17.5 Å². The molecule has 0 bridgehead atoms. The second-order valence-corrected chi connectivity index (χ2v) is 19.2. The van der Waals surface area contributed by atoms with E-state index in [1.54, 1.807) is 6.07 Å². The van der Waals surface area contributed by atoms with Crippen LogP contribution in [0.15, 0.2) is 35.7 Å². The summed E-state index contributed by atoms with van der Waals surface area (Å²) < 4.78 is 31.4. The minimum Gasteiger partial charge on any atom is -0.481 e. The number of aliphatic hydroxyl groups is 1. The normalized spacial score (nSPS) is 16.5. The van der Waals surface area contributed by atoms with E-state index in [2.05, 4.69) is 22.9 Å². The Morgan fingerprint density at radius 2 is 1.72 bits per heavy atom. The van der Waals surface area contributed by atoms with Crippen LogP contribution in [0.3, 0.4) is 0 Å². The number of nitrogens with one attached hydrogen (secondary N) is 3. The van der Waals surface area contributed by atoms with Crippen molar-refractivity contribution in [3.05, 3.63) is 57.8 Å². The van der Waals surface area contributed by atoms with Gasteiger partial charge in [-0.2, -0.15) is 0 Å². The number of unbranched alkanes of at least 4 members (excludes halogenated alkanes) is 3. The lowest BCUT2D eigenvalue weighted by molar-refractivity contribution is -0.143. The zero-order valence-corrected chi connectivity index (χ0v) is 42.7. The predicted octanol–water partition coefficient (Wildman–Crippen LogP) is 6.50. The number of rotatable bonds is 33. The summed E-state index contributed by atoms with van der Waals surface area (Å²) in [4.78, 5) is 77.4. The van der Waals surface area contributed by atoms with Gasteiger partial charge in [0.25, 0.3) is 5.91 Å². The van der Waals surface area contributed by atoms with Crippen LogP contribution in [0.25, 0.3) is 0 Å². The monoisotopic (exact) mass is 990 g/mol. The number of amides is 4. The lowest BCUT2D eigenvalue weighted by Gasteiger charge is -2.40. The first kappa shape index (κ1) is 58.6. The number of aromatic nitrogens is 1. The highest BCUT2D eigenvalue weighted by Gasteiger charge is 2.39. The van der Waals surface area contributed by atoms with Crippen molar-refractivity contribution in [2.75, 3.05) is 65.5 Å². The quantitative estimate of drug-likeness (QED) is 0.0255. The molecule has 0 saturated heterocycles. The molecule has 1 aliphatic rings. The third-order valence-corrected chi connectivity index (χ3v) is 13.5. The minimum atomic E-state index is -1.04. The maximum absolute atomic E-state index is 15.1. The molecule has 2 aromatic rings. The SMILES string of the molecule is CCCCCCN(C(=O)[C@@H](NC(=O)[C@H]1CC=CCN1C)[C@@H](C)CC)[C@H](C[C@@H](OC(=O)NCCOCCOCCO)c1nc(C(=O)N[C@@H](Cc2ccc(N)c(F)c2)CC(CCC)C(=O)O)cs1)C(C)C. The summed E-state index contributed by atoms with van der Waals surface area (Å²) in [5.74, 6) is -3.79. The van der Waals surface area contributed by atoms with Gasteiger partial charge in [-0.15, -0.1) is 11.3 Å². The van der Waals surface area contributed by atoms with Crippen LogP contribution in [-0.4, -0.2) is 139 Å². The number of carboxylic acids is 1. The van der Waals surface area contributed by atoms with E-state index in [9.17, 15) is 28.7 Å². The van der Waals surface area contributed by atoms with E-state index in [-0.39, 0.29) is 93.9 Å². The molecule has 3 rings (SSSR count). The van der Waals surface area contributed by atoms with E-state index in [0.29, 0.717) is 55.8 Å². The summed E-state index contributed by atoms with van der Waals surface area (Å²) in [6.45, 7) is 13.8. The van der Waals surface area contributed by atoms with Gasteiger partial charge in [-0.3, -0.25) is 24.1 Å². The summed E-state index contributed by atoms with van der Waals surface area (Å²) in [7, 11) is 1.89. The third-order valence-electron chi connectivity index (χ3n) is 12.5. The number of hydrogen-bond donors (Lipinski definition) is 6. The average molecular weight is 990 g/mol. The standard InChI is InChI=1S/C50H80FN7O10S/c1-8-11-12-14-22-58(48(62)44(34(6)10-3)56-46(61)41-17-13-15-21-57(41)7)42(33(4)5)31-43(68-50(65)53-20-24-66-26-27-67-25-23-59)47-55-40(32-69-47)45(60)54-37(30-36(16-9-2)49(63)64)28-35-18-19-39(52)38(51)29-35/h13,15,18-19,29,32-34,36-37,41-44,59H,8-12,14,16-17,20-28,30-31,52H2,1-7H3,(H,53,65)(H,54,60)(H,56,61)(H,63,64)/t34-,36?,37-,41+,42+,43+,44-/m0/s1. The van der Waals surface area contributed by atoms with Crippen molar-refractivity contribution in [3.63, 3.8) is 0 Å². The zero-order valence-electron chi connectivity index (χ0n) is 41.9. The first-order valence-electron chi connectivity index (χ1n) is 24.7. The number of alkyl carbamates (subject to hydrolysis) is 1. The number of carbonyl (C=O) groups excluding carboxylic acids is 4. The second kappa shape index (κ2) is 31.5. The van der Waals surface area contributed by atoms with Crippen molar-refractivity contribution in [2.45, 2.75) is 142 Å². The van der Waals surface area contributed by atoms with Gasteiger partial charge in [0.05, 0.1) is 50.7 Å². The van der Waals surface area contributed by atoms with Gasteiger partial charge in [-0.25, -0.2) is 14.2 Å². The first-order valence-corrected chi connectivity index (χ1v) is 25.6. The Bertz CT molecular complexity index is 1920. The minimum absolute atomic E-state index is 0.00680. The third kappa shape index (κ3) is 19.9. The van der Waals surface area contributed by atoms with Crippen molar-refractivity contribution in [3.8, 4) is 0 Å². The fraction of sp³-hybridized carbons (Fsp3) is 0.680. The van der Waals surface area contributed by atoms with Crippen LogP contribution < -0.4 is 21.7 Å². The number of nitrogen functional groups attached to an aromatic ring is 1. The molecule has 0 radical (unpaired) electrons. The summed E-state index contributed by atoms with van der Waals surface area (Å²) in [6.07, 6.45) is 8.20. The molecule has 0 spiro atoms. The van der Waals surface area contributed by atoms with Gasteiger partial charge in [0.15, 0.2) is 6.10 Å². The second-order valence-electron chi connectivity index (χ2n) is 18.3. The number of halogens is 1. The van der Waals surface area contributed by atoms with E-state index in [0.717, 1.165) is 30.6 Å². The topological polar surface area (TPSA) is 235 Å². The van der Waals surface area contributed by atoms with E-state index in [4.69, 9.17) is 30.0 Å². The van der Waals surface area contributed by atoms with Crippen LogP contribution >= 0.6 is 11.3 Å². The van der Waals surface area contributed by atoms with Gasteiger partial charge in [0.2, 0.25) is 11.8 Å². The lowest BCUT2D eigenvalue weighted by Crippen LogP contribution is -2.58. The molecule has 19 heteroatoms. The average Bonchev–Trinajstić information content (AvgIpc) is 3.82. The maximum atomic E-state index is 15.1. The molecule has 0 aliphatic carbocycles. The van der Waals surface area contributed by atoms with Gasteiger partial charge >= 0.3 is 12.1 Å². The Labute approximate surface area is 412 Å². The highest BCUT2D eigenvalue weighted by Crippen LogP contribution is 2.32. The zero-order chi connectivity index (χ0) is 50.9. The summed E-state index contributed by atoms with van der Waals surface area (Å²) in [5.41, 5.74) is 6.21. The predicted molar refractivity (Wildman–Crippen MR) is 265 cm³/mol. The molecule has 1 aliphatic heterocycles. The number of likely N-dealkylation sites (N-methyl/N-ethyl adjacent to an activating group) is 1. The number of benzene rings is 1. The molecule has 7 N–H and O–H groups in total. The molecule has 1 aromatic carbocycles. The Morgan fingerprint density at radius 1 is 0.986 bits per heavy atom. The number of carbonyl (C=O) groups is 5. The van der Waals surface area contributed by atoms with Gasteiger partial charge in [0.1, 0.15) is 22.6 Å². The number of carboxylic acid groups (broad SMARTS) is 1. The Balaban J connectivity index is 2.01. The molecule has 0 fully saturated rings. The first-order chi connectivity index (χ1) is 33.0. The smallest absolute Gasteiger partial charge is 0.407 e. The van der Waals surface area contributed by atoms with Crippen molar-refractivity contribution in [1.29, 1.82) is 0 Å². The number of ether oxygens (including phenoxy) is 3. The van der Waals surface area contributed by atoms with Crippen molar-refractivity contribution >= 4 is 46.8 Å². The molecule has 0 saturated carbocycles. The fourth-order valence-electron chi connectivity index (χ4n) is 8.31. The molecule has 388 valence electrons. The fourth-order valence-corrected chi connectivity index (χ4v) is 9.15. The number of anilines is 1. The molecule has 1 aromatic heterocycles. The van der Waals surface area contributed by atoms with Crippen molar-refractivity contribution in [1.82, 2.24) is 30.7 Å². The molecule has 17 nitrogen and oxygen atoms in total. The number of nitrogens with zero attached hydrogens (tertiary/aromatic N) is 3. The highest BCUT2D eigenvalue weighted by molar-refractivity contribution is 7.09. The van der Waals surface area contributed by atoms with E-state index < -0.39 is 60.0 Å². The van der Waals surface area contributed by atoms with Crippen LogP contribution in [0, 0.1) is 23.6 Å². The van der Waals surface area contributed by atoms with E-state index >= 15 is 4.79 Å². The summed E-state index contributed by atoms with van der Waals surface area (Å²) in [6, 6.07) is 1.86. The van der Waals surface area contributed by atoms with Crippen molar-refractivity contribution in [2.24, 2.45) is 17.8 Å². The number of hydrogen-bond acceptors (Lipinski definition) is 13. The maximum Gasteiger partial charge on any atom is 0.407 e. The van der Waals surface area contributed by atoms with Crippen LogP contribution in [0.2, 0.25) is 0 Å². The van der Waals surface area contributed by atoms with Gasteiger partial charge in [-0.1, -0.05) is 91.9 Å². The molecule has 4 amide bonds. The van der Waals surface area contributed by atoms with Gasteiger partial charge in [0, 0.05) is 43.5 Å². The van der Waals surface area contributed by atoms with Crippen molar-refractivity contribution < 1.29 is 52.8 Å². The number of aliphatic carboxylic acids is 1. The van der Waals surface area contributed by atoms with E-state index in [1.807, 2.05) is 63.6 Å². The van der Waals surface area contributed by atoms with Gasteiger partial charge < -0.3 is 51.0 Å². The van der Waals surface area contributed by atoms with Crippen LogP contribution in [-0.2, 0) is 35.0 Å². The van der Waals surface area contributed by atoms with Crippen LogP contribution in [0.5, 0.6) is 0 Å². The molecule has 69 heavy (non-hydrogen) atoms. The highest BCUT2D eigenvalue weighted by atomic mass is 32.1. The summed E-state index contributed by atoms with van der Waals surface area (Å²) in [5, 5.41) is 29.6. The molecule has 1 unspecified atom stereocenters. The number of nitrogens with two attached hydrogens (primary N) is 1. The largest absolute Gasteiger partial charge is 0.481 e. The molecule has 7 atom stereocenters. The lowest BCUT2D eigenvalue weighted by atomic mass is 9.91. The van der Waals surface area contributed by atoms with Crippen LogP contribution in [0.4, 0.5) is 14.9 Å². The number of aliphatic hydroxyl groups excluding tert-OH is 1.